The maximum Gasteiger partial charge on any atom is 0.0473 e. The smallest absolute Gasteiger partial charge is 0.0473 e. The maximum atomic E-state index is 14.7. The van der Waals surface area contributed by atoms with E-state index in [1.807, 2.05) is 23.5 Å². The van der Waals surface area contributed by atoms with Crippen LogP contribution in [0.1, 0.15) is 114 Å². The third-order valence-electron chi connectivity index (χ3n) is 9.82. The van der Waals surface area contributed by atoms with Crippen molar-refractivity contribution >= 4 is 83.5 Å². The summed E-state index contributed by atoms with van der Waals surface area (Å²) in [7, 11) is -4.45. The summed E-state index contributed by atoms with van der Waals surface area (Å²) in [6.45, 7) is 8.94. The molecule has 4 atom stereocenters. The van der Waals surface area contributed by atoms with Gasteiger partial charge >= 0.3 is 0 Å². The fourth-order valence-electron chi connectivity index (χ4n) is 7.28. The van der Waals surface area contributed by atoms with Crippen molar-refractivity contribution in [2.75, 3.05) is 47.0 Å². The zero-order chi connectivity index (χ0) is 38.1. The van der Waals surface area contributed by atoms with Crippen molar-refractivity contribution in [3.63, 3.8) is 0 Å². The topological polar surface area (TPSA) is 34.1 Å². The Morgan fingerprint density at radius 3 is 1.27 bits per heavy atom. The summed E-state index contributed by atoms with van der Waals surface area (Å²) in [6.07, 6.45) is 14.5. The molecule has 0 aromatic heterocycles. The fourth-order valence-corrected chi connectivity index (χ4v) is 23.2. The van der Waals surface area contributed by atoms with Gasteiger partial charge in [0, 0.05) is 31.6 Å². The minimum atomic E-state index is -2.51. The Labute approximate surface area is 343 Å². The molecule has 0 heterocycles. The van der Waals surface area contributed by atoms with Gasteiger partial charge in [-0.15, -0.1) is 23.5 Å². The normalized spacial score (nSPS) is 15.7. The lowest BCUT2D eigenvalue weighted by atomic mass is 9.81. The molecule has 3 rings (SSSR count). The third kappa shape index (κ3) is 13.7. The van der Waals surface area contributed by atoms with Crippen LogP contribution in [0.4, 0.5) is 0 Å². The first-order valence-electron chi connectivity index (χ1n) is 19.5. The number of unbranched alkanes of at least 4 members (excludes halogenated alkanes) is 4. The largest absolute Gasteiger partial charge is 0.281 e. The SMILES string of the molecule is CCCCCC(P[SH](C)(=O)CCCS)(c1ccc(SCC)cc1)c1cccc(C(CCCCC)(P[SH](C)(=O)CCCS)c2ccc(SCC)cc2)c1. The molecule has 0 fully saturated rings. The highest BCUT2D eigenvalue weighted by Crippen LogP contribution is 2.60. The Bertz CT molecular complexity index is 1450. The standard InChI is InChI=1S/C42H68O2P2S6/c1-7-11-13-28-41(45-51(5,43)32-16-30-47,35-20-24-39(25-21-35)49-9-3)37-18-15-19-38(34-37)42(29-14-12-8-2,46-52(6,44)33-17-31-48)36-22-26-40(27-23-36)50-10-4/h15,18-27,34,45-48,51-52H,7-14,16-17,28-33H2,1-6H3. The molecule has 0 saturated heterocycles. The van der Waals surface area contributed by atoms with Gasteiger partial charge in [0.2, 0.25) is 0 Å². The van der Waals surface area contributed by atoms with Gasteiger partial charge in [-0.2, -0.15) is 25.3 Å². The first kappa shape index (κ1) is 46.6. The predicted molar refractivity (Wildman–Crippen MR) is 256 cm³/mol. The summed E-state index contributed by atoms with van der Waals surface area (Å²) in [4.78, 5) is 2.56. The second-order valence-corrected chi connectivity index (χ2v) is 32.3. The Hall–Kier alpha value is 0.220. The van der Waals surface area contributed by atoms with Gasteiger partial charge in [0.25, 0.3) is 0 Å². The lowest BCUT2D eigenvalue weighted by Gasteiger charge is -2.42. The van der Waals surface area contributed by atoms with Crippen molar-refractivity contribution in [3.05, 3.63) is 95.1 Å². The first-order chi connectivity index (χ1) is 24.9. The van der Waals surface area contributed by atoms with Crippen molar-refractivity contribution in [3.8, 4) is 0 Å². The van der Waals surface area contributed by atoms with Crippen LogP contribution in [-0.2, 0) is 29.4 Å². The van der Waals surface area contributed by atoms with E-state index in [1.165, 1.54) is 32.0 Å². The molecule has 0 bridgehead atoms. The van der Waals surface area contributed by atoms with E-state index in [4.69, 9.17) is 0 Å². The van der Waals surface area contributed by atoms with Crippen LogP contribution in [0, 0.1) is 0 Å². The van der Waals surface area contributed by atoms with Gasteiger partial charge in [-0.25, -0.2) is 0 Å². The predicted octanol–water partition coefficient (Wildman–Crippen LogP) is 12.7. The molecular formula is C42H68O2P2S6. The number of benzene rings is 3. The summed E-state index contributed by atoms with van der Waals surface area (Å²) in [6, 6.07) is 27.8. The molecule has 0 amide bonds. The van der Waals surface area contributed by atoms with E-state index in [9.17, 15) is 8.42 Å². The zero-order valence-corrected chi connectivity index (χ0v) is 39.9. The zero-order valence-electron chi connectivity index (χ0n) is 32.7. The molecule has 294 valence electrons. The molecule has 52 heavy (non-hydrogen) atoms. The summed E-state index contributed by atoms with van der Waals surface area (Å²) >= 11 is 12.8. The Balaban J connectivity index is 2.40. The monoisotopic (exact) mass is 858 g/mol. The number of hydrogen-bond donors (Lipinski definition) is 4. The number of thiol groups is 4. The molecule has 0 aliphatic carbocycles. The van der Waals surface area contributed by atoms with Crippen LogP contribution in [0.2, 0.25) is 0 Å². The lowest BCUT2D eigenvalue weighted by Crippen LogP contribution is -2.30. The minimum Gasteiger partial charge on any atom is -0.281 e. The van der Waals surface area contributed by atoms with E-state index < -0.39 is 19.1 Å². The second-order valence-electron chi connectivity index (χ2n) is 14.2. The van der Waals surface area contributed by atoms with Crippen molar-refractivity contribution in [1.82, 2.24) is 0 Å². The van der Waals surface area contributed by atoms with Crippen molar-refractivity contribution in [2.45, 2.75) is 112 Å². The van der Waals surface area contributed by atoms with Crippen molar-refractivity contribution in [1.29, 1.82) is 0 Å². The molecule has 3 aromatic rings. The quantitative estimate of drug-likeness (QED) is 0.0281. The van der Waals surface area contributed by atoms with E-state index in [0.29, 0.717) is 0 Å². The van der Waals surface area contributed by atoms with Crippen molar-refractivity contribution < 1.29 is 8.42 Å². The molecule has 0 aliphatic rings. The summed E-state index contributed by atoms with van der Waals surface area (Å²) in [5.74, 6) is 5.03. The van der Waals surface area contributed by atoms with Gasteiger partial charge in [-0.1, -0.05) is 134 Å². The van der Waals surface area contributed by atoms with Gasteiger partial charge in [-0.05, 0) is 123 Å². The van der Waals surface area contributed by atoms with Gasteiger partial charge < -0.3 is 0 Å². The molecule has 2 nitrogen and oxygen atoms in total. The van der Waals surface area contributed by atoms with Crippen LogP contribution in [0.3, 0.4) is 0 Å². The van der Waals surface area contributed by atoms with Crippen LogP contribution >= 0.6 is 64.3 Å². The average Bonchev–Trinajstić information content (AvgIpc) is 3.13. The summed E-state index contributed by atoms with van der Waals surface area (Å²) in [5.41, 5.74) is 5.10. The molecule has 0 saturated carbocycles. The molecule has 0 radical (unpaired) electrons. The van der Waals surface area contributed by atoms with E-state index in [0.717, 1.165) is 98.7 Å². The lowest BCUT2D eigenvalue weighted by molar-refractivity contribution is 0.571. The Morgan fingerprint density at radius 2 is 0.942 bits per heavy atom. The molecule has 0 spiro atoms. The fraction of sp³-hybridized carbons (Fsp3) is 0.571. The number of thioether (sulfide) groups is 2. The molecule has 10 heteroatoms. The van der Waals surface area contributed by atoms with Crippen molar-refractivity contribution in [2.24, 2.45) is 0 Å². The molecular weight excluding hydrogens is 791 g/mol. The van der Waals surface area contributed by atoms with E-state index in [1.54, 1.807) is 0 Å². The van der Waals surface area contributed by atoms with Crippen LogP contribution in [0.15, 0.2) is 82.6 Å². The highest BCUT2D eigenvalue weighted by atomic mass is 32.8. The van der Waals surface area contributed by atoms with Gasteiger partial charge in [0.15, 0.2) is 0 Å². The molecule has 4 unspecified atom stereocenters. The molecule has 0 N–H and O–H groups in total. The first-order valence-corrected chi connectivity index (χ1v) is 31.1. The highest BCUT2D eigenvalue weighted by Gasteiger charge is 2.41. The van der Waals surface area contributed by atoms with Crippen LogP contribution in [0.5, 0.6) is 0 Å². The van der Waals surface area contributed by atoms with Crippen LogP contribution in [0.25, 0.3) is 0 Å². The average molecular weight is 859 g/mol. The number of rotatable bonds is 26. The summed E-state index contributed by atoms with van der Waals surface area (Å²) < 4.78 is 29.4. The van der Waals surface area contributed by atoms with Gasteiger partial charge in [0.05, 0.1) is 0 Å². The Kier molecular flexibility index (Phi) is 21.0. The number of hydrogen-bond acceptors (Lipinski definition) is 6. The molecule has 3 aromatic carbocycles. The Morgan fingerprint density at radius 1 is 0.558 bits per heavy atom. The van der Waals surface area contributed by atoms with Crippen LogP contribution in [-0.4, -0.2) is 55.4 Å². The van der Waals surface area contributed by atoms with E-state index in [2.05, 4.69) is 138 Å². The minimum absolute atomic E-state index is 0.280. The maximum absolute atomic E-state index is 14.7. The summed E-state index contributed by atoms with van der Waals surface area (Å²) in [5, 5.41) is -0.743. The van der Waals surface area contributed by atoms with Crippen LogP contribution < -0.4 is 0 Å². The van der Waals surface area contributed by atoms with E-state index >= 15 is 0 Å². The van der Waals surface area contributed by atoms with E-state index in [-0.39, 0.29) is 25.9 Å². The van der Waals surface area contributed by atoms with Gasteiger partial charge in [0.1, 0.15) is 0 Å². The molecule has 0 aliphatic heterocycles. The third-order valence-corrected chi connectivity index (χ3v) is 24.4. The second kappa shape index (κ2) is 23.5. The highest BCUT2D eigenvalue weighted by molar-refractivity contribution is 8.51. The van der Waals surface area contributed by atoms with Gasteiger partial charge in [-0.3, -0.25) is 8.42 Å².